The summed E-state index contributed by atoms with van der Waals surface area (Å²) in [6.07, 6.45) is 8.85. The summed E-state index contributed by atoms with van der Waals surface area (Å²) < 4.78 is 0. The van der Waals surface area contributed by atoms with Gasteiger partial charge in [-0.2, -0.15) is 0 Å². The molecule has 1 saturated carbocycles. The first-order chi connectivity index (χ1) is 17.2. The molecular formula is C29H39N3O4. The molecule has 1 aromatic carbocycles. The minimum atomic E-state index is -1.43. The number of carbonyl (C=O) groups is 1. The summed E-state index contributed by atoms with van der Waals surface area (Å²) in [4.78, 5) is 31.3. The number of aromatic carboxylic acids is 1. The number of nitrogens with one attached hydrogen (secondary N) is 1. The first-order valence-electron chi connectivity index (χ1n) is 13.0. The fourth-order valence-electron chi connectivity index (χ4n) is 6.55. The van der Waals surface area contributed by atoms with Gasteiger partial charge in [0.1, 0.15) is 5.75 Å². The molecule has 2 fully saturated rings. The van der Waals surface area contributed by atoms with E-state index < -0.39 is 22.8 Å². The number of nitrogens with zero attached hydrogens (tertiary/aromatic N) is 2. The SMILES string of the molecule is C=CC1CN(c2ccc(-c3[nH]c(=O)c(C(=O)O)c(O)c3CC)cc2)CC2(CCN(C)C)CCCCC12. The molecule has 7 heteroatoms. The highest BCUT2D eigenvalue weighted by atomic mass is 16.4. The molecule has 0 bridgehead atoms. The van der Waals surface area contributed by atoms with E-state index in [2.05, 4.69) is 53.7 Å². The second-order valence-electron chi connectivity index (χ2n) is 10.8. The van der Waals surface area contributed by atoms with Crippen LogP contribution in [0.15, 0.2) is 41.7 Å². The molecule has 194 valence electrons. The predicted octanol–water partition coefficient (Wildman–Crippen LogP) is 4.76. The highest BCUT2D eigenvalue weighted by molar-refractivity contribution is 5.92. The number of rotatable bonds is 8. The molecule has 1 aliphatic heterocycles. The first-order valence-corrected chi connectivity index (χ1v) is 13.0. The summed E-state index contributed by atoms with van der Waals surface area (Å²) >= 11 is 0. The van der Waals surface area contributed by atoms with Gasteiger partial charge < -0.3 is 25.0 Å². The third-order valence-electron chi connectivity index (χ3n) is 8.42. The van der Waals surface area contributed by atoms with Crippen LogP contribution in [-0.4, -0.2) is 59.8 Å². The molecular weight excluding hydrogens is 454 g/mol. The minimum absolute atomic E-state index is 0.275. The standard InChI is InChI=1S/C29H39N3O4/c1-5-19-17-32(18-29(15-16-31(3)4)14-8-7-9-23(19)29)21-12-10-20(11-13-21)25-22(6-2)26(33)24(28(35)36)27(34)30-25/h5,10-13,19,23H,1,6-9,14-18H2,2-4H3,(H,35,36)(H2,30,33,34). The first kappa shape index (κ1) is 26.0. The lowest BCUT2D eigenvalue weighted by Gasteiger charge is -2.55. The van der Waals surface area contributed by atoms with Gasteiger partial charge in [-0.15, -0.1) is 6.58 Å². The van der Waals surface area contributed by atoms with Gasteiger partial charge in [-0.3, -0.25) is 4.79 Å². The van der Waals surface area contributed by atoms with E-state index in [1.165, 1.54) is 32.1 Å². The fraction of sp³-hybridized carbons (Fsp3) is 0.517. The summed E-state index contributed by atoms with van der Waals surface area (Å²) in [7, 11) is 4.29. The van der Waals surface area contributed by atoms with Crippen molar-refractivity contribution >= 4 is 11.7 Å². The molecule has 4 rings (SSSR count). The Morgan fingerprint density at radius 2 is 2.00 bits per heavy atom. The van der Waals surface area contributed by atoms with E-state index in [1.54, 1.807) is 0 Å². The van der Waals surface area contributed by atoms with Crippen LogP contribution in [0.25, 0.3) is 11.3 Å². The van der Waals surface area contributed by atoms with Crippen molar-refractivity contribution in [3.8, 4) is 17.0 Å². The Hall–Kier alpha value is -3.06. The Kier molecular flexibility index (Phi) is 7.59. The molecule has 2 aliphatic rings. The molecule has 2 aromatic rings. The minimum Gasteiger partial charge on any atom is -0.506 e. The highest BCUT2D eigenvalue weighted by Crippen LogP contribution is 2.52. The number of hydrogen-bond acceptors (Lipinski definition) is 5. The lowest BCUT2D eigenvalue weighted by Crippen LogP contribution is -2.55. The fourth-order valence-corrected chi connectivity index (χ4v) is 6.55. The van der Waals surface area contributed by atoms with Crippen LogP contribution in [0.5, 0.6) is 5.75 Å². The topological polar surface area (TPSA) is 96.9 Å². The Balaban J connectivity index is 1.66. The number of pyridine rings is 1. The van der Waals surface area contributed by atoms with E-state index in [4.69, 9.17) is 0 Å². The maximum Gasteiger partial charge on any atom is 0.345 e. The maximum absolute atomic E-state index is 12.4. The van der Waals surface area contributed by atoms with Crippen molar-refractivity contribution in [2.75, 3.05) is 38.6 Å². The van der Waals surface area contributed by atoms with Gasteiger partial charge in [0.2, 0.25) is 0 Å². The monoisotopic (exact) mass is 493 g/mol. The van der Waals surface area contributed by atoms with Crippen LogP contribution in [0.2, 0.25) is 0 Å². The van der Waals surface area contributed by atoms with Crippen molar-refractivity contribution in [1.29, 1.82) is 0 Å². The highest BCUT2D eigenvalue weighted by Gasteiger charge is 2.48. The number of aromatic hydroxyl groups is 1. The molecule has 0 spiro atoms. The number of aromatic amines is 1. The lowest BCUT2D eigenvalue weighted by atomic mass is 9.58. The van der Waals surface area contributed by atoms with Crippen molar-refractivity contribution < 1.29 is 15.0 Å². The Morgan fingerprint density at radius 1 is 1.28 bits per heavy atom. The zero-order chi connectivity index (χ0) is 26.0. The van der Waals surface area contributed by atoms with Crippen LogP contribution in [0.1, 0.15) is 54.9 Å². The quantitative estimate of drug-likeness (QED) is 0.459. The van der Waals surface area contributed by atoms with Crippen molar-refractivity contribution in [2.45, 2.75) is 45.4 Å². The van der Waals surface area contributed by atoms with E-state index in [9.17, 15) is 19.8 Å². The van der Waals surface area contributed by atoms with Crippen LogP contribution in [-0.2, 0) is 6.42 Å². The Bertz CT molecular complexity index is 1170. The summed E-state index contributed by atoms with van der Waals surface area (Å²) in [5, 5.41) is 19.8. The van der Waals surface area contributed by atoms with Crippen molar-refractivity contribution in [3.05, 3.63) is 58.4 Å². The number of benzene rings is 1. The second kappa shape index (κ2) is 10.5. The maximum atomic E-state index is 12.4. The van der Waals surface area contributed by atoms with Gasteiger partial charge in [0.25, 0.3) is 5.56 Å². The Morgan fingerprint density at radius 3 is 2.61 bits per heavy atom. The molecule has 3 N–H and O–H groups in total. The third kappa shape index (κ3) is 4.81. The van der Waals surface area contributed by atoms with Gasteiger partial charge in [-0.25, -0.2) is 4.79 Å². The number of fused-ring (bicyclic) bond motifs is 1. The van der Waals surface area contributed by atoms with Crippen LogP contribution in [0.3, 0.4) is 0 Å². The molecule has 0 amide bonds. The normalized spacial score (nSPS) is 23.9. The van der Waals surface area contributed by atoms with Gasteiger partial charge in [0.15, 0.2) is 5.56 Å². The van der Waals surface area contributed by atoms with Gasteiger partial charge in [-0.1, -0.05) is 38.0 Å². The lowest BCUT2D eigenvalue weighted by molar-refractivity contribution is 0.0311. The van der Waals surface area contributed by atoms with E-state index in [-0.39, 0.29) is 5.41 Å². The van der Waals surface area contributed by atoms with Crippen LogP contribution in [0, 0.1) is 17.3 Å². The number of carboxylic acids is 1. The molecule has 0 radical (unpaired) electrons. The number of carboxylic acid groups (broad SMARTS) is 1. The molecule has 1 aromatic heterocycles. The number of anilines is 1. The van der Waals surface area contributed by atoms with Crippen molar-refractivity contribution in [3.63, 3.8) is 0 Å². The smallest absolute Gasteiger partial charge is 0.345 e. The molecule has 36 heavy (non-hydrogen) atoms. The zero-order valence-electron chi connectivity index (χ0n) is 21.7. The number of aromatic nitrogens is 1. The van der Waals surface area contributed by atoms with Crippen LogP contribution in [0.4, 0.5) is 5.69 Å². The van der Waals surface area contributed by atoms with Crippen LogP contribution < -0.4 is 10.5 Å². The third-order valence-corrected chi connectivity index (χ3v) is 8.42. The van der Waals surface area contributed by atoms with Gasteiger partial charge in [-0.05, 0) is 81.3 Å². The average molecular weight is 494 g/mol. The van der Waals surface area contributed by atoms with E-state index in [0.29, 0.717) is 29.5 Å². The number of H-pyrrole nitrogens is 1. The Labute approximate surface area is 213 Å². The average Bonchev–Trinajstić information content (AvgIpc) is 2.86. The van der Waals surface area contributed by atoms with Crippen molar-refractivity contribution in [2.24, 2.45) is 17.3 Å². The number of piperidine rings is 1. The van der Waals surface area contributed by atoms with Gasteiger partial charge in [0, 0.05) is 24.3 Å². The second-order valence-corrected chi connectivity index (χ2v) is 10.8. The largest absolute Gasteiger partial charge is 0.506 e. The van der Waals surface area contributed by atoms with Crippen molar-refractivity contribution in [1.82, 2.24) is 9.88 Å². The van der Waals surface area contributed by atoms with Gasteiger partial charge >= 0.3 is 5.97 Å². The molecule has 7 nitrogen and oxygen atoms in total. The van der Waals surface area contributed by atoms with E-state index in [0.717, 1.165) is 30.9 Å². The van der Waals surface area contributed by atoms with Crippen LogP contribution >= 0.6 is 0 Å². The molecule has 1 aliphatic carbocycles. The molecule has 1 saturated heterocycles. The van der Waals surface area contributed by atoms with E-state index >= 15 is 0 Å². The summed E-state index contributed by atoms with van der Waals surface area (Å²) in [6, 6.07) is 8.03. The summed E-state index contributed by atoms with van der Waals surface area (Å²) in [6.45, 7) is 9.08. The molecule has 3 unspecified atom stereocenters. The van der Waals surface area contributed by atoms with E-state index in [1.807, 2.05) is 19.1 Å². The summed E-state index contributed by atoms with van der Waals surface area (Å²) in [5.74, 6) is -0.767. The van der Waals surface area contributed by atoms with Gasteiger partial charge in [0.05, 0.1) is 5.69 Å². The summed E-state index contributed by atoms with van der Waals surface area (Å²) in [5.41, 5.74) is 1.64. The zero-order valence-corrected chi connectivity index (χ0v) is 21.7. The molecule has 3 atom stereocenters. The molecule has 2 heterocycles. The predicted molar refractivity (Wildman–Crippen MR) is 144 cm³/mol. The number of hydrogen-bond donors (Lipinski definition) is 3.